The molecule has 0 aliphatic heterocycles. The molecule has 7 N–H and O–H groups in total. The van der Waals surface area contributed by atoms with Crippen LogP contribution in [0.2, 0.25) is 0 Å². The molecular formula is C26H46N4O2S. The molecule has 0 fully saturated rings. The number of benzene rings is 1. The van der Waals surface area contributed by atoms with Gasteiger partial charge in [0.2, 0.25) is 0 Å². The Hall–Kier alpha value is -2.32. The Morgan fingerprint density at radius 3 is 2.03 bits per heavy atom. The van der Waals surface area contributed by atoms with Gasteiger partial charge in [-0.05, 0) is 49.4 Å². The summed E-state index contributed by atoms with van der Waals surface area (Å²) in [7, 11) is 0. The van der Waals surface area contributed by atoms with Crippen LogP contribution in [0.4, 0.5) is 0 Å². The molecule has 1 aromatic carbocycles. The average molecular weight is 479 g/mol. The first-order valence-electron chi connectivity index (χ1n) is 11.0. The molecule has 0 heterocycles. The number of rotatable bonds is 9. The molecule has 7 heteroatoms. The van der Waals surface area contributed by atoms with Crippen molar-refractivity contribution in [2.24, 2.45) is 28.1 Å². The lowest BCUT2D eigenvalue weighted by Crippen LogP contribution is -2.27. The van der Waals surface area contributed by atoms with Gasteiger partial charge >= 0.3 is 0 Å². The molecule has 0 aromatic heterocycles. The van der Waals surface area contributed by atoms with E-state index in [4.69, 9.17) is 26.5 Å². The predicted molar refractivity (Wildman–Crippen MR) is 150 cm³/mol. The molecular weight excluding hydrogens is 432 g/mol. The average Bonchev–Trinajstić information content (AvgIpc) is 2.78. The summed E-state index contributed by atoms with van der Waals surface area (Å²) in [5, 5.41) is 0. The van der Waals surface area contributed by atoms with E-state index in [1.54, 1.807) is 24.3 Å². The van der Waals surface area contributed by atoms with Crippen molar-refractivity contribution in [1.82, 2.24) is 0 Å². The van der Waals surface area contributed by atoms with Crippen LogP contribution in [-0.2, 0) is 4.74 Å². The normalized spacial score (nSPS) is 11.9. The number of thiol groups is 1. The van der Waals surface area contributed by atoms with Crippen molar-refractivity contribution in [2.45, 2.75) is 54.6 Å². The predicted octanol–water partition coefficient (Wildman–Crippen LogP) is 5.53. The van der Waals surface area contributed by atoms with E-state index in [0.29, 0.717) is 11.3 Å². The van der Waals surface area contributed by atoms with E-state index in [2.05, 4.69) is 51.8 Å². The number of nitrogens with two attached hydrogens (primary N) is 3. The van der Waals surface area contributed by atoms with E-state index < -0.39 is 6.10 Å². The zero-order valence-electron chi connectivity index (χ0n) is 21.5. The third-order valence-corrected chi connectivity index (χ3v) is 3.63. The number of aliphatic imine (C=N–C) groups is 1. The lowest BCUT2D eigenvalue weighted by Gasteiger charge is -2.18. The molecule has 0 spiro atoms. The first-order chi connectivity index (χ1) is 15.7. The molecule has 1 aromatic rings. The summed E-state index contributed by atoms with van der Waals surface area (Å²) in [6.45, 7) is 22.5. The Labute approximate surface area is 207 Å². The maximum Gasteiger partial charge on any atom is 0.186 e. The molecule has 0 aliphatic rings. The van der Waals surface area contributed by atoms with Crippen LogP contribution in [0, 0.1) is 19.8 Å². The smallest absolute Gasteiger partial charge is 0.186 e. The van der Waals surface area contributed by atoms with Gasteiger partial charge in [-0.2, -0.15) is 0 Å². The molecule has 0 saturated heterocycles. The van der Waals surface area contributed by atoms with Crippen molar-refractivity contribution in [2.75, 3.05) is 13.2 Å². The van der Waals surface area contributed by atoms with Crippen LogP contribution in [0.1, 0.15) is 51.3 Å². The minimum atomic E-state index is -0.426. The number of nitrogens with zero attached hydrogens (tertiary/aromatic N) is 1. The molecule has 1 atom stereocenters. The Bertz CT molecular complexity index is 734. The lowest BCUT2D eigenvalue weighted by molar-refractivity contribution is 0.152. The quantitative estimate of drug-likeness (QED) is 0.105. The van der Waals surface area contributed by atoms with Crippen LogP contribution in [-0.4, -0.2) is 29.6 Å². The molecule has 0 aliphatic carbocycles. The lowest BCUT2D eigenvalue weighted by atomic mass is 9.98. The first kappa shape index (κ1) is 35.3. The van der Waals surface area contributed by atoms with E-state index in [1.165, 1.54) is 0 Å². The molecule has 0 radical (unpaired) electrons. The van der Waals surface area contributed by atoms with E-state index >= 15 is 0 Å². The fourth-order valence-electron chi connectivity index (χ4n) is 2.42. The highest BCUT2D eigenvalue weighted by Crippen LogP contribution is 2.17. The monoisotopic (exact) mass is 478 g/mol. The molecule has 6 nitrogen and oxygen atoms in total. The summed E-state index contributed by atoms with van der Waals surface area (Å²) in [6.07, 6.45) is 6.47. The van der Waals surface area contributed by atoms with Crippen molar-refractivity contribution in [3.05, 3.63) is 83.8 Å². The summed E-state index contributed by atoms with van der Waals surface area (Å²) < 4.78 is 12.4. The molecule has 1 rings (SSSR count). The van der Waals surface area contributed by atoms with Crippen molar-refractivity contribution in [3.8, 4) is 0 Å². The second-order valence-corrected chi connectivity index (χ2v) is 7.28. The number of aryl methyl sites for hydroxylation is 2. The third kappa shape index (κ3) is 16.9. The zero-order valence-corrected chi connectivity index (χ0v) is 22.4. The molecule has 0 unspecified atom stereocenters. The molecule has 33 heavy (non-hydrogen) atoms. The zero-order chi connectivity index (χ0) is 26.4. The van der Waals surface area contributed by atoms with E-state index in [9.17, 15) is 0 Å². The van der Waals surface area contributed by atoms with Crippen LogP contribution in [0.15, 0.2) is 72.1 Å². The summed E-state index contributed by atoms with van der Waals surface area (Å²) in [5.41, 5.74) is 22.0. The van der Waals surface area contributed by atoms with E-state index in [-0.39, 0.29) is 19.1 Å². The Morgan fingerprint density at radius 1 is 1.15 bits per heavy atom. The van der Waals surface area contributed by atoms with Crippen molar-refractivity contribution >= 4 is 18.6 Å². The van der Waals surface area contributed by atoms with Gasteiger partial charge < -0.3 is 26.5 Å². The third-order valence-electron chi connectivity index (χ3n) is 3.63. The Morgan fingerprint density at radius 2 is 1.64 bits per heavy atom. The van der Waals surface area contributed by atoms with Crippen LogP contribution in [0.3, 0.4) is 0 Å². The van der Waals surface area contributed by atoms with Gasteiger partial charge in [0.15, 0.2) is 5.88 Å². The number of ether oxygens (including phenoxy) is 1. The van der Waals surface area contributed by atoms with E-state index in [0.717, 1.165) is 22.6 Å². The summed E-state index contributed by atoms with van der Waals surface area (Å²) in [5.74, 6) is 1.04. The van der Waals surface area contributed by atoms with Gasteiger partial charge in [-0.15, -0.1) is 0 Å². The van der Waals surface area contributed by atoms with Gasteiger partial charge in [0.25, 0.3) is 0 Å². The van der Waals surface area contributed by atoms with Crippen molar-refractivity contribution in [3.63, 3.8) is 0 Å². The highest BCUT2D eigenvalue weighted by atomic mass is 32.1. The SMILES string of the molecule is C=C/C=C\C(=C)[C@H](CN)O/C(N)=C/C(=N\CN)c1c(C)cccc1C.CC.CC(C)C.OS. The summed E-state index contributed by atoms with van der Waals surface area (Å²) in [6, 6.07) is 6.03. The minimum Gasteiger partial charge on any atom is -0.470 e. The van der Waals surface area contributed by atoms with E-state index in [1.807, 2.05) is 45.9 Å². The fraction of sp³-hybridized carbons (Fsp3) is 0.423. The number of hydrogen-bond acceptors (Lipinski definition) is 7. The highest BCUT2D eigenvalue weighted by molar-refractivity contribution is 7.74. The molecule has 0 saturated carbocycles. The van der Waals surface area contributed by atoms with Crippen LogP contribution >= 0.6 is 12.9 Å². The van der Waals surface area contributed by atoms with Gasteiger partial charge in [-0.3, -0.25) is 4.99 Å². The van der Waals surface area contributed by atoms with Gasteiger partial charge in [0.05, 0.1) is 12.4 Å². The van der Waals surface area contributed by atoms with Gasteiger partial charge in [0, 0.05) is 18.2 Å². The number of hydrogen-bond donors (Lipinski definition) is 5. The maximum atomic E-state index is 6.69. The van der Waals surface area contributed by atoms with Crippen molar-refractivity contribution < 1.29 is 9.29 Å². The van der Waals surface area contributed by atoms with Gasteiger partial charge in [-0.25, -0.2) is 0 Å². The minimum absolute atomic E-state index is 0.155. The Balaban J connectivity index is -0.000000988. The molecule has 0 amide bonds. The second-order valence-electron chi connectivity index (χ2n) is 7.28. The summed E-state index contributed by atoms with van der Waals surface area (Å²) in [4.78, 5) is 4.36. The topological polar surface area (TPSA) is 120 Å². The van der Waals surface area contributed by atoms with Crippen LogP contribution < -0.4 is 17.2 Å². The van der Waals surface area contributed by atoms with Crippen molar-refractivity contribution in [1.29, 1.82) is 0 Å². The summed E-state index contributed by atoms with van der Waals surface area (Å²) >= 11 is 2.53. The largest absolute Gasteiger partial charge is 0.470 e. The molecule has 188 valence electrons. The molecule has 0 bridgehead atoms. The number of allylic oxidation sites excluding steroid dienone is 3. The maximum absolute atomic E-state index is 6.69. The first-order valence-corrected chi connectivity index (χ1v) is 11.4. The second kappa shape index (κ2) is 22.9. The highest BCUT2D eigenvalue weighted by Gasteiger charge is 2.13. The van der Waals surface area contributed by atoms with Crippen LogP contribution in [0.5, 0.6) is 0 Å². The fourth-order valence-corrected chi connectivity index (χ4v) is 2.42. The standard InChI is InChI=1S/C20H28N4O.C4H10.C2H6.H2OS/c1-5-6-8-14(2)18(12-21)25-19(23)11-17(24-13-22)20-15(3)9-7-10-16(20)4;1-4(2)3;2*1-2/h5-11,18H,1-2,12-13,21-23H2,3-4H3;4H,1-3H3;1-2H3;1-2H/b8-6-,19-11+,24-17+;;;/t18-;;;/m0.../s1. The van der Waals surface area contributed by atoms with Gasteiger partial charge in [-0.1, -0.05) is 84.2 Å². The Kier molecular flexibility index (Phi) is 24.4. The van der Waals surface area contributed by atoms with Gasteiger partial charge in [0.1, 0.15) is 6.10 Å². The van der Waals surface area contributed by atoms with Crippen LogP contribution in [0.25, 0.3) is 0 Å².